The Kier molecular flexibility index (Phi) is 6.20. The van der Waals surface area contributed by atoms with Gasteiger partial charge < -0.3 is 4.79 Å². The second kappa shape index (κ2) is 7.44. The van der Waals surface area contributed by atoms with E-state index in [0.717, 1.165) is 35.6 Å². The molecule has 1 nitrogen and oxygen atoms in total. The fourth-order valence-electron chi connectivity index (χ4n) is 2.05. The van der Waals surface area contributed by atoms with Gasteiger partial charge in [-0.1, -0.05) is 60.0 Å². The topological polar surface area (TPSA) is 17.1 Å². The molecular weight excluding hydrogens is 276 g/mol. The Morgan fingerprint density at radius 1 is 1.41 bits per heavy atom. The number of hydrogen-bond donors (Lipinski definition) is 0. The van der Waals surface area contributed by atoms with Crippen LogP contribution >= 0.6 is 15.9 Å². The minimum Gasteiger partial charge on any atom is -0.303 e. The first-order chi connectivity index (χ1) is 8.24. The lowest BCUT2D eigenvalue weighted by molar-refractivity contribution is -0.111. The molecule has 0 N–H and O–H groups in total. The van der Waals surface area contributed by atoms with Crippen molar-refractivity contribution in [3.8, 4) is 0 Å². The smallest absolute Gasteiger partial charge is 0.123 e. The molecule has 1 aromatic rings. The normalized spacial score (nSPS) is 14.0. The summed E-state index contributed by atoms with van der Waals surface area (Å²) in [5, 5.41) is 0. The highest BCUT2D eigenvalue weighted by atomic mass is 79.9. The van der Waals surface area contributed by atoms with Crippen molar-refractivity contribution in [2.75, 3.05) is 0 Å². The Bertz CT molecular complexity index is 373. The first-order valence-electron chi connectivity index (χ1n) is 6.06. The zero-order chi connectivity index (χ0) is 12.7. The van der Waals surface area contributed by atoms with Gasteiger partial charge in [-0.05, 0) is 18.1 Å². The van der Waals surface area contributed by atoms with E-state index in [-0.39, 0.29) is 11.8 Å². The molecule has 1 rings (SSSR count). The summed E-state index contributed by atoms with van der Waals surface area (Å²) in [5.74, 6) is 0.140. The summed E-state index contributed by atoms with van der Waals surface area (Å²) in [5.41, 5.74) is 1.15. The molecule has 0 aliphatic rings. The average Bonchev–Trinajstić information content (AvgIpc) is 2.36. The highest BCUT2D eigenvalue weighted by Crippen LogP contribution is 2.33. The van der Waals surface area contributed by atoms with Crippen molar-refractivity contribution in [1.29, 1.82) is 0 Å². The molecule has 0 radical (unpaired) electrons. The van der Waals surface area contributed by atoms with Crippen LogP contribution in [-0.2, 0) is 4.79 Å². The van der Waals surface area contributed by atoms with Crippen LogP contribution in [0.25, 0.3) is 0 Å². The van der Waals surface area contributed by atoms with E-state index in [1.807, 2.05) is 24.3 Å². The van der Waals surface area contributed by atoms with Crippen LogP contribution in [0.2, 0.25) is 0 Å². The number of hydrogen-bond acceptors (Lipinski definition) is 1. The molecule has 0 spiro atoms. The molecule has 0 fully saturated rings. The minimum atomic E-state index is 0.0335. The number of carbonyl (C=O) groups excluding carboxylic acids is 1. The third kappa shape index (κ3) is 3.81. The Morgan fingerprint density at radius 2 is 2.12 bits per heavy atom. The summed E-state index contributed by atoms with van der Waals surface area (Å²) in [6.45, 7) is 6.02. The van der Waals surface area contributed by atoms with E-state index in [9.17, 15) is 4.79 Å². The Labute approximate surface area is 112 Å². The van der Waals surface area contributed by atoms with Crippen molar-refractivity contribution in [2.45, 2.75) is 32.1 Å². The summed E-state index contributed by atoms with van der Waals surface area (Å²) in [7, 11) is 0. The van der Waals surface area contributed by atoms with Gasteiger partial charge in [0, 0.05) is 16.3 Å². The molecule has 0 unspecified atom stereocenters. The van der Waals surface area contributed by atoms with Crippen molar-refractivity contribution >= 4 is 22.2 Å². The van der Waals surface area contributed by atoms with E-state index in [1.165, 1.54) is 0 Å². The van der Waals surface area contributed by atoms with E-state index in [1.54, 1.807) is 0 Å². The predicted molar refractivity (Wildman–Crippen MR) is 76.2 cm³/mol. The molecule has 0 saturated carbocycles. The molecule has 0 aliphatic carbocycles. The summed E-state index contributed by atoms with van der Waals surface area (Å²) in [4.78, 5) is 11.2. The largest absolute Gasteiger partial charge is 0.303 e. The van der Waals surface area contributed by atoms with Crippen molar-refractivity contribution in [3.05, 3.63) is 47.0 Å². The molecule has 0 heterocycles. The molecular formula is C15H19BrO. The maximum absolute atomic E-state index is 11.2. The second-order valence-corrected chi connectivity index (χ2v) is 5.08. The maximum Gasteiger partial charge on any atom is 0.123 e. The Balaban J connectivity index is 2.93. The number of benzene rings is 1. The van der Waals surface area contributed by atoms with E-state index in [2.05, 4.69) is 35.5 Å². The van der Waals surface area contributed by atoms with E-state index < -0.39 is 0 Å². The third-order valence-corrected chi connectivity index (χ3v) is 3.77. The van der Waals surface area contributed by atoms with Gasteiger partial charge in [-0.3, -0.25) is 0 Å². The van der Waals surface area contributed by atoms with E-state index >= 15 is 0 Å². The van der Waals surface area contributed by atoms with Crippen LogP contribution in [0.4, 0.5) is 0 Å². The molecule has 0 amide bonds. The predicted octanol–water partition coefficient (Wildman–Crippen LogP) is 4.72. The monoisotopic (exact) mass is 294 g/mol. The summed E-state index contributed by atoms with van der Waals surface area (Å²) >= 11 is 3.54. The second-order valence-electron chi connectivity index (χ2n) is 4.23. The van der Waals surface area contributed by atoms with Crippen molar-refractivity contribution in [1.82, 2.24) is 0 Å². The van der Waals surface area contributed by atoms with Gasteiger partial charge >= 0.3 is 0 Å². The molecule has 2 heteroatoms. The fraction of sp³-hybridized carbons (Fsp3) is 0.400. The number of aldehydes is 1. The number of carbonyl (C=O) groups is 1. The van der Waals surface area contributed by atoms with Gasteiger partial charge in [0.1, 0.15) is 6.29 Å². The van der Waals surface area contributed by atoms with Crippen LogP contribution in [0.3, 0.4) is 0 Å². The summed E-state index contributed by atoms with van der Waals surface area (Å²) < 4.78 is 1.05. The van der Waals surface area contributed by atoms with Crippen LogP contribution in [0, 0.1) is 5.92 Å². The zero-order valence-corrected chi connectivity index (χ0v) is 11.8. The van der Waals surface area contributed by atoms with Crippen LogP contribution in [-0.4, -0.2) is 6.29 Å². The number of halogens is 1. The molecule has 0 bridgehead atoms. The van der Waals surface area contributed by atoms with E-state index in [0.29, 0.717) is 0 Å². The maximum atomic E-state index is 11.2. The van der Waals surface area contributed by atoms with Gasteiger partial charge in [0.15, 0.2) is 0 Å². The molecule has 0 aromatic heterocycles. The van der Waals surface area contributed by atoms with Crippen molar-refractivity contribution in [2.24, 2.45) is 5.92 Å². The lowest BCUT2D eigenvalue weighted by Gasteiger charge is -2.21. The van der Waals surface area contributed by atoms with Gasteiger partial charge in [0.25, 0.3) is 0 Å². The van der Waals surface area contributed by atoms with E-state index in [4.69, 9.17) is 0 Å². The van der Waals surface area contributed by atoms with Gasteiger partial charge in [0.05, 0.1) is 0 Å². The lowest BCUT2D eigenvalue weighted by atomic mass is 9.84. The molecule has 1 aromatic carbocycles. The first kappa shape index (κ1) is 14.2. The third-order valence-electron chi connectivity index (χ3n) is 3.05. The molecule has 2 atom stereocenters. The Hall–Kier alpha value is -0.890. The van der Waals surface area contributed by atoms with Gasteiger partial charge in [-0.2, -0.15) is 0 Å². The highest BCUT2D eigenvalue weighted by molar-refractivity contribution is 9.10. The average molecular weight is 295 g/mol. The SMILES string of the molecule is C=C[C@@H](c1ccccc1Br)[C@@H](C=O)CCCC. The van der Waals surface area contributed by atoms with Crippen molar-refractivity contribution < 1.29 is 4.79 Å². The molecule has 92 valence electrons. The van der Waals surface area contributed by atoms with Gasteiger partial charge in [-0.15, -0.1) is 6.58 Å². The van der Waals surface area contributed by atoms with Crippen LogP contribution in [0.15, 0.2) is 41.4 Å². The van der Waals surface area contributed by atoms with Gasteiger partial charge in [-0.25, -0.2) is 0 Å². The quantitative estimate of drug-likeness (QED) is 0.525. The van der Waals surface area contributed by atoms with Crippen LogP contribution in [0.5, 0.6) is 0 Å². The molecule has 0 aliphatic heterocycles. The first-order valence-corrected chi connectivity index (χ1v) is 6.86. The molecule has 0 saturated heterocycles. The van der Waals surface area contributed by atoms with Crippen LogP contribution in [0.1, 0.15) is 37.7 Å². The van der Waals surface area contributed by atoms with Gasteiger partial charge in [0.2, 0.25) is 0 Å². The molecule has 17 heavy (non-hydrogen) atoms. The lowest BCUT2D eigenvalue weighted by Crippen LogP contribution is -2.13. The Morgan fingerprint density at radius 3 is 2.65 bits per heavy atom. The fourth-order valence-corrected chi connectivity index (χ4v) is 2.60. The standard InChI is InChI=1S/C15H19BrO/c1-3-5-8-12(11-17)13(4-2)14-9-6-7-10-15(14)16/h4,6-7,9-13H,2-3,5,8H2,1H3/t12-,13-/m1/s1. The number of unbranched alkanes of at least 4 members (excludes halogenated alkanes) is 1. The number of allylic oxidation sites excluding steroid dienone is 1. The highest BCUT2D eigenvalue weighted by Gasteiger charge is 2.21. The number of rotatable bonds is 7. The summed E-state index contributed by atoms with van der Waals surface area (Å²) in [6.07, 6.45) is 6.08. The van der Waals surface area contributed by atoms with Crippen molar-refractivity contribution in [3.63, 3.8) is 0 Å². The summed E-state index contributed by atoms with van der Waals surface area (Å²) in [6, 6.07) is 8.04. The zero-order valence-electron chi connectivity index (χ0n) is 10.2. The minimum absolute atomic E-state index is 0.0335. The van der Waals surface area contributed by atoms with Crippen LogP contribution < -0.4 is 0 Å².